The number of carboxylic acid groups (broad SMARTS) is 1. The van der Waals surface area contributed by atoms with Crippen molar-refractivity contribution in [3.63, 3.8) is 0 Å². The number of hydrogen-bond donors (Lipinski definition) is 2. The van der Waals surface area contributed by atoms with Crippen molar-refractivity contribution in [2.24, 2.45) is 0 Å². The molecule has 1 amide bonds. The fourth-order valence-electron chi connectivity index (χ4n) is 2.21. The highest BCUT2D eigenvalue weighted by molar-refractivity contribution is 5.84. The summed E-state index contributed by atoms with van der Waals surface area (Å²) in [6.07, 6.45) is 0.0761. The maximum absolute atomic E-state index is 11.8. The average molecular weight is 272 g/mol. The monoisotopic (exact) mass is 272 g/mol. The summed E-state index contributed by atoms with van der Waals surface area (Å²) in [5.41, 5.74) is -1.87. The molecule has 0 spiro atoms. The summed E-state index contributed by atoms with van der Waals surface area (Å²) in [5, 5.41) is 12.0. The molecule has 1 saturated heterocycles. The molecule has 2 atom stereocenters. The Labute approximate surface area is 114 Å². The van der Waals surface area contributed by atoms with E-state index in [9.17, 15) is 14.7 Å². The molecule has 19 heavy (non-hydrogen) atoms. The van der Waals surface area contributed by atoms with Crippen LogP contribution in [-0.2, 0) is 9.53 Å². The topological polar surface area (TPSA) is 78.9 Å². The van der Waals surface area contributed by atoms with Crippen LogP contribution in [0.5, 0.6) is 0 Å². The highest BCUT2D eigenvalue weighted by Crippen LogP contribution is 2.27. The van der Waals surface area contributed by atoms with Crippen LogP contribution in [0.3, 0.4) is 0 Å². The van der Waals surface area contributed by atoms with E-state index in [-0.39, 0.29) is 6.04 Å². The molecule has 1 heterocycles. The second-order valence-corrected chi connectivity index (χ2v) is 6.30. The first-order chi connectivity index (χ1) is 8.56. The minimum Gasteiger partial charge on any atom is -0.480 e. The van der Waals surface area contributed by atoms with Gasteiger partial charge in [0.1, 0.15) is 11.1 Å². The Morgan fingerprint density at radius 3 is 2.42 bits per heavy atom. The number of aliphatic carboxylic acids is 1. The van der Waals surface area contributed by atoms with Crippen LogP contribution in [0.1, 0.15) is 40.5 Å². The van der Waals surface area contributed by atoms with Gasteiger partial charge in [0.2, 0.25) is 0 Å². The lowest BCUT2D eigenvalue weighted by Gasteiger charge is -2.41. The molecule has 0 bridgehead atoms. The molecule has 0 radical (unpaired) electrons. The molecule has 2 N–H and O–H groups in total. The molecule has 1 fully saturated rings. The molecule has 0 saturated carbocycles. The molecule has 2 unspecified atom stereocenters. The van der Waals surface area contributed by atoms with E-state index in [1.807, 2.05) is 14.0 Å². The molecule has 0 aromatic heterocycles. The first-order valence-corrected chi connectivity index (χ1v) is 6.50. The maximum Gasteiger partial charge on any atom is 0.408 e. The van der Waals surface area contributed by atoms with Crippen molar-refractivity contribution in [1.82, 2.24) is 10.2 Å². The summed E-state index contributed by atoms with van der Waals surface area (Å²) in [4.78, 5) is 25.4. The lowest BCUT2D eigenvalue weighted by Crippen LogP contribution is -2.62. The van der Waals surface area contributed by atoms with Gasteiger partial charge in [-0.2, -0.15) is 0 Å². The zero-order valence-corrected chi connectivity index (χ0v) is 12.3. The normalized spacial score (nSPS) is 28.8. The zero-order chi connectivity index (χ0) is 14.8. The molecular weight excluding hydrogens is 248 g/mol. The number of nitrogens with one attached hydrogen (secondary N) is 1. The Bertz CT molecular complexity index is 364. The van der Waals surface area contributed by atoms with Gasteiger partial charge in [0.25, 0.3) is 0 Å². The lowest BCUT2D eigenvalue weighted by atomic mass is 9.84. The third-order valence-corrected chi connectivity index (χ3v) is 3.44. The summed E-state index contributed by atoms with van der Waals surface area (Å²) in [5.74, 6) is -1.00. The largest absolute Gasteiger partial charge is 0.480 e. The summed E-state index contributed by atoms with van der Waals surface area (Å²) < 4.78 is 5.15. The highest BCUT2D eigenvalue weighted by Gasteiger charge is 2.45. The van der Waals surface area contributed by atoms with Crippen LogP contribution in [0, 0.1) is 0 Å². The van der Waals surface area contributed by atoms with Gasteiger partial charge in [0, 0.05) is 12.6 Å². The Morgan fingerprint density at radius 2 is 2.00 bits per heavy atom. The van der Waals surface area contributed by atoms with Gasteiger partial charge in [0.15, 0.2) is 0 Å². The Kier molecular flexibility index (Phi) is 4.45. The van der Waals surface area contributed by atoms with Gasteiger partial charge >= 0.3 is 12.1 Å². The number of likely N-dealkylation sites (tertiary alicyclic amines) is 1. The standard InChI is InChI=1S/C13H24N2O4/c1-9-8-13(10(16)17,6-7-15(9)5)14-11(18)19-12(2,3)4/h9H,6-8H2,1-5H3,(H,14,18)(H,16,17). The Morgan fingerprint density at radius 1 is 1.42 bits per heavy atom. The highest BCUT2D eigenvalue weighted by atomic mass is 16.6. The van der Waals surface area contributed by atoms with Gasteiger partial charge in [-0.3, -0.25) is 0 Å². The SMILES string of the molecule is CC1CC(NC(=O)OC(C)(C)C)(C(=O)O)CCN1C. The molecule has 0 aromatic rings. The van der Waals surface area contributed by atoms with Crippen LogP contribution in [0.25, 0.3) is 0 Å². The van der Waals surface area contributed by atoms with Crippen molar-refractivity contribution >= 4 is 12.1 Å². The van der Waals surface area contributed by atoms with E-state index in [1.54, 1.807) is 20.8 Å². The van der Waals surface area contributed by atoms with Crippen molar-refractivity contribution in [2.75, 3.05) is 13.6 Å². The van der Waals surface area contributed by atoms with Gasteiger partial charge < -0.3 is 20.1 Å². The molecule has 1 aliphatic heterocycles. The number of rotatable bonds is 2. The van der Waals surface area contributed by atoms with Crippen molar-refractivity contribution in [3.05, 3.63) is 0 Å². The van der Waals surface area contributed by atoms with E-state index in [4.69, 9.17) is 4.74 Å². The quantitative estimate of drug-likeness (QED) is 0.795. The van der Waals surface area contributed by atoms with E-state index in [0.29, 0.717) is 19.4 Å². The van der Waals surface area contributed by atoms with Crippen molar-refractivity contribution < 1.29 is 19.4 Å². The van der Waals surface area contributed by atoms with Crippen LogP contribution < -0.4 is 5.32 Å². The smallest absolute Gasteiger partial charge is 0.408 e. The van der Waals surface area contributed by atoms with Crippen LogP contribution in [-0.4, -0.2) is 52.8 Å². The van der Waals surface area contributed by atoms with Gasteiger partial charge in [-0.05, 0) is 47.6 Å². The fraction of sp³-hybridized carbons (Fsp3) is 0.846. The molecule has 1 aliphatic rings. The van der Waals surface area contributed by atoms with Crippen LogP contribution in [0.2, 0.25) is 0 Å². The number of carbonyl (C=O) groups excluding carboxylic acids is 1. The number of piperidine rings is 1. The number of alkyl carbamates (subject to hydrolysis) is 1. The minimum absolute atomic E-state index is 0.0970. The van der Waals surface area contributed by atoms with Gasteiger partial charge in [0.05, 0.1) is 0 Å². The van der Waals surface area contributed by atoms with Crippen molar-refractivity contribution in [2.45, 2.75) is 57.7 Å². The van der Waals surface area contributed by atoms with E-state index in [1.165, 1.54) is 0 Å². The lowest BCUT2D eigenvalue weighted by molar-refractivity contribution is -0.147. The van der Waals surface area contributed by atoms with E-state index >= 15 is 0 Å². The van der Waals surface area contributed by atoms with E-state index in [2.05, 4.69) is 10.2 Å². The van der Waals surface area contributed by atoms with Crippen LogP contribution in [0.15, 0.2) is 0 Å². The predicted octanol–water partition coefficient (Wildman–Crippen LogP) is 1.45. The molecule has 6 heteroatoms. The zero-order valence-electron chi connectivity index (χ0n) is 12.3. The minimum atomic E-state index is -1.23. The van der Waals surface area contributed by atoms with Gasteiger partial charge in [-0.15, -0.1) is 0 Å². The molecule has 110 valence electrons. The Hall–Kier alpha value is -1.30. The molecule has 0 aliphatic carbocycles. The first-order valence-electron chi connectivity index (χ1n) is 6.50. The number of carbonyl (C=O) groups is 2. The third-order valence-electron chi connectivity index (χ3n) is 3.44. The number of amides is 1. The second-order valence-electron chi connectivity index (χ2n) is 6.30. The number of ether oxygens (including phenoxy) is 1. The Balaban J connectivity index is 2.79. The summed E-state index contributed by atoms with van der Waals surface area (Å²) in [6, 6.07) is 0.0970. The van der Waals surface area contributed by atoms with E-state index in [0.717, 1.165) is 0 Å². The predicted molar refractivity (Wildman–Crippen MR) is 71.1 cm³/mol. The molecule has 0 aromatic carbocycles. The number of hydrogen-bond acceptors (Lipinski definition) is 4. The van der Waals surface area contributed by atoms with Crippen LogP contribution >= 0.6 is 0 Å². The first kappa shape index (κ1) is 15.8. The van der Waals surface area contributed by atoms with Gasteiger partial charge in [-0.1, -0.05) is 0 Å². The third kappa shape index (κ3) is 4.09. The van der Waals surface area contributed by atoms with Gasteiger partial charge in [-0.25, -0.2) is 9.59 Å². The fourth-order valence-corrected chi connectivity index (χ4v) is 2.21. The maximum atomic E-state index is 11.8. The van der Waals surface area contributed by atoms with Crippen molar-refractivity contribution in [1.29, 1.82) is 0 Å². The second kappa shape index (κ2) is 5.36. The summed E-state index contributed by atoms with van der Waals surface area (Å²) >= 11 is 0. The molecule has 1 rings (SSSR count). The number of nitrogens with zero attached hydrogens (tertiary/aromatic N) is 1. The molecular formula is C13H24N2O4. The van der Waals surface area contributed by atoms with E-state index < -0.39 is 23.2 Å². The molecule has 6 nitrogen and oxygen atoms in total. The number of carboxylic acids is 1. The van der Waals surface area contributed by atoms with Crippen molar-refractivity contribution in [3.8, 4) is 0 Å². The summed E-state index contributed by atoms with van der Waals surface area (Å²) in [6.45, 7) is 7.82. The average Bonchev–Trinajstić information content (AvgIpc) is 2.20. The van der Waals surface area contributed by atoms with Crippen LogP contribution in [0.4, 0.5) is 4.79 Å². The summed E-state index contributed by atoms with van der Waals surface area (Å²) in [7, 11) is 1.95.